The molecular weight excluding hydrogens is 315 g/mol. The lowest BCUT2D eigenvalue weighted by Crippen LogP contribution is -2.35. The van der Waals surface area contributed by atoms with Crippen LogP contribution in [0.2, 0.25) is 0 Å². The maximum absolute atomic E-state index is 11.8. The van der Waals surface area contributed by atoms with Gasteiger partial charge in [0.1, 0.15) is 13.2 Å². The summed E-state index contributed by atoms with van der Waals surface area (Å²) in [4.78, 5) is 11.3. The van der Waals surface area contributed by atoms with Crippen molar-refractivity contribution in [3.05, 3.63) is 0 Å². The molecule has 0 saturated carbocycles. The molecule has 3 nitrogen and oxygen atoms in total. The molecule has 0 aromatic heterocycles. The fraction of sp³-hybridized carbons (Fsp3) is 0.909. The number of amides is 1. The quantitative estimate of drug-likeness (QED) is 0.693. The Morgan fingerprint density at radius 2 is 1.89 bits per heavy atom. The summed E-state index contributed by atoms with van der Waals surface area (Å²) >= 11 is 3.46. The maximum Gasteiger partial charge on any atom is 0.411 e. The fourth-order valence-electron chi connectivity index (χ4n) is 1.49. The Bertz CT molecular complexity index is 245. The van der Waals surface area contributed by atoms with Crippen molar-refractivity contribution in [1.29, 1.82) is 0 Å². The van der Waals surface area contributed by atoms with Crippen LogP contribution in [0.4, 0.5) is 13.2 Å². The third-order valence-electron chi connectivity index (χ3n) is 2.55. The van der Waals surface area contributed by atoms with Gasteiger partial charge in [-0.1, -0.05) is 42.6 Å². The van der Waals surface area contributed by atoms with Crippen molar-refractivity contribution in [2.24, 2.45) is 5.92 Å². The minimum atomic E-state index is -4.40. The lowest BCUT2D eigenvalue weighted by molar-refractivity contribution is -0.175. The van der Waals surface area contributed by atoms with Gasteiger partial charge in [-0.3, -0.25) is 4.79 Å². The van der Waals surface area contributed by atoms with Crippen molar-refractivity contribution < 1.29 is 22.7 Å². The number of rotatable bonds is 8. The predicted octanol–water partition coefficient (Wildman–Crippen LogP) is 2.88. The van der Waals surface area contributed by atoms with E-state index in [4.69, 9.17) is 0 Å². The highest BCUT2D eigenvalue weighted by atomic mass is 79.9. The zero-order valence-corrected chi connectivity index (χ0v) is 12.1. The number of carbonyl (C=O) groups excluding carboxylic acids is 1. The molecule has 1 amide bonds. The van der Waals surface area contributed by atoms with E-state index in [0.29, 0.717) is 12.5 Å². The van der Waals surface area contributed by atoms with E-state index in [0.717, 1.165) is 12.8 Å². The van der Waals surface area contributed by atoms with Crippen LogP contribution in [-0.4, -0.2) is 36.7 Å². The van der Waals surface area contributed by atoms with Crippen LogP contribution >= 0.6 is 15.9 Å². The van der Waals surface area contributed by atoms with E-state index in [2.05, 4.69) is 39.8 Å². The molecule has 1 unspecified atom stereocenters. The third kappa shape index (κ3) is 8.74. The molecule has 0 fully saturated rings. The number of nitrogens with one attached hydrogen (secondary N) is 1. The van der Waals surface area contributed by atoms with Crippen molar-refractivity contribution >= 4 is 21.8 Å². The Morgan fingerprint density at radius 3 is 2.33 bits per heavy atom. The number of halogens is 4. The fourth-order valence-corrected chi connectivity index (χ4v) is 2.40. The molecule has 0 aromatic carbocycles. The van der Waals surface area contributed by atoms with Gasteiger partial charge < -0.3 is 10.1 Å². The molecule has 1 N–H and O–H groups in total. The van der Waals surface area contributed by atoms with Crippen molar-refractivity contribution in [1.82, 2.24) is 5.32 Å². The Labute approximate surface area is 114 Å². The Balaban J connectivity index is 3.76. The van der Waals surface area contributed by atoms with Gasteiger partial charge in [-0.05, 0) is 5.92 Å². The number of hydrogen-bond donors (Lipinski definition) is 1. The first kappa shape index (κ1) is 17.7. The van der Waals surface area contributed by atoms with Crippen molar-refractivity contribution in [2.45, 2.75) is 37.7 Å². The molecule has 7 heteroatoms. The molecule has 0 aliphatic rings. The zero-order chi connectivity index (χ0) is 14.2. The smallest absolute Gasteiger partial charge is 0.362 e. The average Bonchev–Trinajstić information content (AvgIpc) is 2.26. The average molecular weight is 334 g/mol. The number of ether oxygens (including phenoxy) is 1. The lowest BCUT2D eigenvalue weighted by Gasteiger charge is -2.19. The first-order chi connectivity index (χ1) is 8.30. The molecule has 0 bridgehead atoms. The van der Waals surface area contributed by atoms with E-state index in [9.17, 15) is 18.0 Å². The molecule has 0 heterocycles. The van der Waals surface area contributed by atoms with Gasteiger partial charge in [-0.2, -0.15) is 13.2 Å². The summed E-state index contributed by atoms with van der Waals surface area (Å²) in [5.74, 6) is -0.101. The summed E-state index contributed by atoms with van der Waals surface area (Å²) in [5, 5.41) is 2.54. The van der Waals surface area contributed by atoms with E-state index >= 15 is 0 Å². The molecule has 0 saturated heterocycles. The van der Waals surface area contributed by atoms with E-state index in [-0.39, 0.29) is 4.83 Å². The van der Waals surface area contributed by atoms with Crippen LogP contribution in [-0.2, 0) is 9.53 Å². The molecule has 0 radical (unpaired) electrons. The molecule has 1 atom stereocenters. The van der Waals surface area contributed by atoms with Gasteiger partial charge in [-0.15, -0.1) is 0 Å². The highest BCUT2D eigenvalue weighted by Gasteiger charge is 2.27. The van der Waals surface area contributed by atoms with Gasteiger partial charge in [0.25, 0.3) is 0 Å². The van der Waals surface area contributed by atoms with E-state index in [1.54, 1.807) is 0 Å². The van der Waals surface area contributed by atoms with Crippen molar-refractivity contribution in [3.8, 4) is 0 Å². The van der Waals surface area contributed by atoms with Gasteiger partial charge in [-0.25, -0.2) is 0 Å². The standard InChI is InChI=1S/C11H19BrF3NO2/c1-3-8(4-2)9(12)5-16-10(17)6-18-7-11(13,14)15/h8-9H,3-7H2,1-2H3,(H,16,17). The number of alkyl halides is 4. The van der Waals surface area contributed by atoms with E-state index in [1.165, 1.54) is 0 Å². The van der Waals surface area contributed by atoms with Crippen LogP contribution in [0.15, 0.2) is 0 Å². The molecule has 0 aliphatic heterocycles. The SMILES string of the molecule is CCC(CC)C(Br)CNC(=O)COCC(F)(F)F. The molecule has 0 rings (SSSR count). The Morgan fingerprint density at radius 1 is 1.33 bits per heavy atom. The highest BCUT2D eigenvalue weighted by molar-refractivity contribution is 9.09. The maximum atomic E-state index is 11.8. The van der Waals surface area contributed by atoms with Crippen molar-refractivity contribution in [3.63, 3.8) is 0 Å². The normalized spacial score (nSPS) is 13.7. The minimum absolute atomic E-state index is 0.124. The number of carbonyl (C=O) groups is 1. The monoisotopic (exact) mass is 333 g/mol. The van der Waals surface area contributed by atoms with E-state index in [1.807, 2.05) is 0 Å². The van der Waals surface area contributed by atoms with E-state index < -0.39 is 25.3 Å². The summed E-state index contributed by atoms with van der Waals surface area (Å²) in [6.07, 6.45) is -2.44. The van der Waals surface area contributed by atoms with Gasteiger partial charge in [0, 0.05) is 11.4 Å². The molecule has 0 aliphatic carbocycles. The Kier molecular flexibility index (Phi) is 8.60. The summed E-state index contributed by atoms with van der Waals surface area (Å²) in [6.45, 7) is 2.53. The van der Waals surface area contributed by atoms with Gasteiger partial charge in [0.05, 0.1) is 0 Å². The summed E-state index contributed by atoms with van der Waals surface area (Å²) in [5.41, 5.74) is 0. The first-order valence-corrected chi connectivity index (χ1v) is 6.77. The predicted molar refractivity (Wildman–Crippen MR) is 66.7 cm³/mol. The van der Waals surface area contributed by atoms with Crippen LogP contribution in [0.5, 0.6) is 0 Å². The minimum Gasteiger partial charge on any atom is -0.362 e. The second-order valence-electron chi connectivity index (χ2n) is 4.00. The molecule has 108 valence electrons. The van der Waals surface area contributed by atoms with Crippen LogP contribution < -0.4 is 5.32 Å². The largest absolute Gasteiger partial charge is 0.411 e. The lowest BCUT2D eigenvalue weighted by atomic mass is 9.99. The molecular formula is C11H19BrF3NO2. The van der Waals surface area contributed by atoms with Crippen LogP contribution in [0.3, 0.4) is 0 Å². The van der Waals surface area contributed by atoms with Crippen molar-refractivity contribution in [2.75, 3.05) is 19.8 Å². The first-order valence-electron chi connectivity index (χ1n) is 5.85. The zero-order valence-electron chi connectivity index (χ0n) is 10.5. The molecule has 0 spiro atoms. The summed E-state index contributed by atoms with van der Waals surface area (Å²) in [6, 6.07) is 0. The van der Waals surface area contributed by atoms with Gasteiger partial charge in [0.2, 0.25) is 5.91 Å². The second kappa shape index (κ2) is 8.74. The topological polar surface area (TPSA) is 38.3 Å². The van der Waals surface area contributed by atoms with Crippen LogP contribution in [0.1, 0.15) is 26.7 Å². The van der Waals surface area contributed by atoms with Crippen LogP contribution in [0.25, 0.3) is 0 Å². The Hall–Kier alpha value is -0.300. The summed E-state index contributed by atoms with van der Waals surface area (Å²) in [7, 11) is 0. The molecule has 0 aromatic rings. The van der Waals surface area contributed by atoms with Crippen LogP contribution in [0, 0.1) is 5.92 Å². The summed E-state index contributed by atoms with van der Waals surface area (Å²) < 4.78 is 39.5. The molecule has 18 heavy (non-hydrogen) atoms. The van der Waals surface area contributed by atoms with Gasteiger partial charge >= 0.3 is 6.18 Å². The second-order valence-corrected chi connectivity index (χ2v) is 5.18. The third-order valence-corrected chi connectivity index (χ3v) is 3.62. The number of hydrogen-bond acceptors (Lipinski definition) is 2. The highest BCUT2D eigenvalue weighted by Crippen LogP contribution is 2.19. The van der Waals surface area contributed by atoms with Gasteiger partial charge in [0.15, 0.2) is 0 Å².